The molecule has 0 radical (unpaired) electrons. The van der Waals surface area contributed by atoms with Gasteiger partial charge in [-0.15, -0.1) is 0 Å². The summed E-state index contributed by atoms with van der Waals surface area (Å²) in [4.78, 5) is 17.7. The fraction of sp³-hybridized carbons (Fsp3) is 0.545. The molecule has 1 atom stereocenters. The largest absolute Gasteiger partial charge is 0.451 e. The Morgan fingerprint density at radius 2 is 2.11 bits per heavy atom. The van der Waals surface area contributed by atoms with Gasteiger partial charge in [-0.3, -0.25) is 4.79 Å². The van der Waals surface area contributed by atoms with E-state index in [1.807, 2.05) is 13.8 Å². The third-order valence-electron chi connectivity index (χ3n) is 2.28. The van der Waals surface area contributed by atoms with E-state index in [9.17, 15) is 18.0 Å². The smallest absolute Gasteiger partial charge is 0.368 e. The van der Waals surface area contributed by atoms with Crippen molar-refractivity contribution in [3.05, 3.63) is 18.1 Å². The Bertz CT molecular complexity index is 448. The van der Waals surface area contributed by atoms with Crippen LogP contribution in [0.15, 0.2) is 12.3 Å². The number of carbonyl (C=O) groups is 1. The molecule has 106 valence electrons. The Balaban J connectivity index is 2.88. The van der Waals surface area contributed by atoms with E-state index in [2.05, 4.69) is 15.3 Å². The number of nitrogens with one attached hydrogen (secondary N) is 1. The molecule has 19 heavy (non-hydrogen) atoms. The highest BCUT2D eigenvalue weighted by Crippen LogP contribution is 2.26. The van der Waals surface area contributed by atoms with Crippen molar-refractivity contribution in [3.63, 3.8) is 0 Å². The fourth-order valence-corrected chi connectivity index (χ4v) is 1.47. The van der Waals surface area contributed by atoms with Gasteiger partial charge < -0.3 is 11.1 Å². The molecule has 0 aromatic carbocycles. The van der Waals surface area contributed by atoms with Gasteiger partial charge >= 0.3 is 6.18 Å². The summed E-state index contributed by atoms with van der Waals surface area (Å²) < 4.78 is 37.3. The molecule has 0 aliphatic rings. The lowest BCUT2D eigenvalue weighted by molar-refractivity contribution is -0.144. The van der Waals surface area contributed by atoms with Crippen molar-refractivity contribution in [1.82, 2.24) is 9.97 Å². The molecule has 0 unspecified atom stereocenters. The van der Waals surface area contributed by atoms with Crippen LogP contribution in [0.25, 0.3) is 0 Å². The molecule has 3 N–H and O–H groups in total. The van der Waals surface area contributed by atoms with Gasteiger partial charge in [0.15, 0.2) is 0 Å². The summed E-state index contributed by atoms with van der Waals surface area (Å²) in [5.41, 5.74) is 5.19. The second-order valence-electron chi connectivity index (χ2n) is 4.49. The molecule has 1 aromatic heterocycles. The highest BCUT2D eigenvalue weighted by Gasteiger charge is 2.34. The number of carbonyl (C=O) groups excluding carboxylic acids is 1. The van der Waals surface area contributed by atoms with Crippen LogP contribution >= 0.6 is 0 Å². The molecule has 8 heteroatoms. The number of hydrogen-bond donors (Lipinski definition) is 2. The van der Waals surface area contributed by atoms with Crippen LogP contribution < -0.4 is 11.1 Å². The molecule has 0 aliphatic heterocycles. The third-order valence-corrected chi connectivity index (χ3v) is 2.28. The molecule has 0 bridgehead atoms. The summed E-state index contributed by atoms with van der Waals surface area (Å²) in [6, 6.07) is 0.488. The maximum atomic E-state index is 12.4. The highest BCUT2D eigenvalue weighted by molar-refractivity contribution is 5.82. The standard InChI is InChI=1S/C11H15F3N4O/c1-6(2)5-7(9(15)19)17-8-3-4-16-10(18-8)11(12,13)14/h3-4,6-7H,5H2,1-2H3,(H2,15,19)(H,16,17,18)/t7-/m0/s1. The summed E-state index contributed by atoms with van der Waals surface area (Å²) in [5.74, 6) is -1.81. The Morgan fingerprint density at radius 1 is 1.47 bits per heavy atom. The molecule has 1 aromatic rings. The molecule has 0 spiro atoms. The minimum Gasteiger partial charge on any atom is -0.368 e. The number of aromatic nitrogens is 2. The van der Waals surface area contributed by atoms with Gasteiger partial charge in [0.2, 0.25) is 11.7 Å². The Morgan fingerprint density at radius 3 is 2.58 bits per heavy atom. The molecule has 5 nitrogen and oxygen atoms in total. The van der Waals surface area contributed by atoms with Crippen LogP contribution in [0.5, 0.6) is 0 Å². The first-order valence-electron chi connectivity index (χ1n) is 5.66. The van der Waals surface area contributed by atoms with E-state index >= 15 is 0 Å². The summed E-state index contributed by atoms with van der Waals surface area (Å²) in [5, 5.41) is 2.60. The SMILES string of the molecule is CC(C)C[C@H](Nc1ccnc(C(F)(F)F)n1)C(N)=O. The number of hydrogen-bond acceptors (Lipinski definition) is 4. The zero-order valence-corrected chi connectivity index (χ0v) is 10.5. The van der Waals surface area contributed by atoms with E-state index in [4.69, 9.17) is 5.73 Å². The third kappa shape index (κ3) is 4.72. The van der Waals surface area contributed by atoms with Crippen LogP contribution in [-0.4, -0.2) is 21.9 Å². The van der Waals surface area contributed by atoms with E-state index in [1.165, 1.54) is 6.07 Å². The predicted octanol–water partition coefficient (Wildman–Crippen LogP) is 1.81. The van der Waals surface area contributed by atoms with E-state index in [1.54, 1.807) is 0 Å². The quantitative estimate of drug-likeness (QED) is 0.859. The summed E-state index contributed by atoms with van der Waals surface area (Å²) in [7, 11) is 0. The minimum atomic E-state index is -4.63. The lowest BCUT2D eigenvalue weighted by Gasteiger charge is -2.18. The monoisotopic (exact) mass is 276 g/mol. The van der Waals surface area contributed by atoms with Gasteiger partial charge in [-0.05, 0) is 18.4 Å². The number of primary amides is 1. The van der Waals surface area contributed by atoms with Crippen molar-refractivity contribution < 1.29 is 18.0 Å². The van der Waals surface area contributed by atoms with Crippen LogP contribution in [0.4, 0.5) is 19.0 Å². The number of nitrogens with two attached hydrogens (primary N) is 1. The molecule has 1 amide bonds. The van der Waals surface area contributed by atoms with Crippen LogP contribution in [-0.2, 0) is 11.0 Å². The lowest BCUT2D eigenvalue weighted by Crippen LogP contribution is -2.37. The number of halogens is 3. The van der Waals surface area contributed by atoms with Crippen molar-refractivity contribution in [1.29, 1.82) is 0 Å². The van der Waals surface area contributed by atoms with Crippen LogP contribution in [0.1, 0.15) is 26.1 Å². The second-order valence-corrected chi connectivity index (χ2v) is 4.49. The van der Waals surface area contributed by atoms with Gasteiger partial charge in [0.25, 0.3) is 0 Å². The molecule has 0 saturated heterocycles. The van der Waals surface area contributed by atoms with E-state index in [0.717, 1.165) is 6.20 Å². The van der Waals surface area contributed by atoms with Crippen molar-refractivity contribution >= 4 is 11.7 Å². The van der Waals surface area contributed by atoms with Crippen molar-refractivity contribution in [2.24, 2.45) is 11.7 Å². The van der Waals surface area contributed by atoms with Crippen LogP contribution in [0.2, 0.25) is 0 Å². The molecular formula is C11H15F3N4O. The van der Waals surface area contributed by atoms with E-state index in [0.29, 0.717) is 6.42 Å². The Labute approximate surface area is 108 Å². The highest BCUT2D eigenvalue weighted by atomic mass is 19.4. The zero-order valence-electron chi connectivity index (χ0n) is 10.5. The van der Waals surface area contributed by atoms with Gasteiger partial charge in [-0.1, -0.05) is 13.8 Å². The average molecular weight is 276 g/mol. The van der Waals surface area contributed by atoms with Crippen molar-refractivity contribution in [2.75, 3.05) is 5.32 Å². The Kier molecular flexibility index (Phi) is 4.68. The van der Waals surface area contributed by atoms with E-state index in [-0.39, 0.29) is 11.7 Å². The molecule has 1 rings (SSSR count). The van der Waals surface area contributed by atoms with Crippen molar-refractivity contribution in [2.45, 2.75) is 32.5 Å². The maximum absolute atomic E-state index is 12.4. The minimum absolute atomic E-state index is 0.0771. The summed E-state index contributed by atoms with van der Waals surface area (Å²) in [6.07, 6.45) is -3.25. The van der Waals surface area contributed by atoms with Crippen molar-refractivity contribution in [3.8, 4) is 0 Å². The first kappa shape index (κ1) is 15.2. The van der Waals surface area contributed by atoms with Gasteiger partial charge in [-0.25, -0.2) is 9.97 Å². The van der Waals surface area contributed by atoms with Crippen LogP contribution in [0.3, 0.4) is 0 Å². The molecule has 0 aliphatic carbocycles. The first-order valence-corrected chi connectivity index (χ1v) is 5.66. The van der Waals surface area contributed by atoms with Gasteiger partial charge in [-0.2, -0.15) is 13.2 Å². The molecule has 0 fully saturated rings. The number of amides is 1. The molecule has 0 saturated carbocycles. The maximum Gasteiger partial charge on any atom is 0.451 e. The van der Waals surface area contributed by atoms with Gasteiger partial charge in [0, 0.05) is 6.20 Å². The topological polar surface area (TPSA) is 80.9 Å². The number of alkyl halides is 3. The summed E-state index contributed by atoms with van der Waals surface area (Å²) in [6.45, 7) is 3.75. The first-order chi connectivity index (χ1) is 8.70. The number of nitrogens with zero attached hydrogens (tertiary/aromatic N) is 2. The van der Waals surface area contributed by atoms with E-state index < -0.39 is 23.9 Å². The van der Waals surface area contributed by atoms with Crippen LogP contribution in [0, 0.1) is 5.92 Å². The van der Waals surface area contributed by atoms with Gasteiger partial charge in [0.1, 0.15) is 11.9 Å². The average Bonchev–Trinajstić information content (AvgIpc) is 2.26. The number of rotatable bonds is 5. The second kappa shape index (κ2) is 5.85. The molecular weight excluding hydrogens is 261 g/mol. The number of anilines is 1. The Hall–Kier alpha value is -1.86. The molecule has 1 heterocycles. The fourth-order valence-electron chi connectivity index (χ4n) is 1.47. The predicted molar refractivity (Wildman–Crippen MR) is 63.1 cm³/mol. The lowest BCUT2D eigenvalue weighted by atomic mass is 10.0. The zero-order chi connectivity index (χ0) is 14.6. The summed E-state index contributed by atoms with van der Waals surface area (Å²) >= 11 is 0. The normalized spacial score (nSPS) is 13.4. The van der Waals surface area contributed by atoms with Gasteiger partial charge in [0.05, 0.1) is 0 Å².